The Hall–Kier alpha value is -2.47. The minimum Gasteiger partial charge on any atom is -0.322 e. The number of fused-ring (bicyclic) bond motifs is 1. The lowest BCUT2D eigenvalue weighted by molar-refractivity contribution is -0.136. The first-order valence-corrected chi connectivity index (χ1v) is 11.7. The molecule has 0 aromatic heterocycles. The molecule has 2 aliphatic heterocycles. The molecule has 0 spiro atoms. The summed E-state index contributed by atoms with van der Waals surface area (Å²) < 4.78 is 0. The van der Waals surface area contributed by atoms with Crippen molar-refractivity contribution in [3.05, 3.63) is 47.5 Å². The molecule has 2 heterocycles. The number of hydrogen-bond donors (Lipinski definition) is 2. The quantitative estimate of drug-likeness (QED) is 0.383. The van der Waals surface area contributed by atoms with Gasteiger partial charge in [-0.15, -0.1) is 6.58 Å². The SMILES string of the molecule is C=CCCCN[C@H]1CCCC[C@@H]1Cc1ccc2c(c1)CN(C1CCC(=O)NC1=O)C2=O. The molecule has 1 aromatic rings. The molecular formula is C25H33N3O3. The van der Waals surface area contributed by atoms with Gasteiger partial charge in [0.1, 0.15) is 6.04 Å². The summed E-state index contributed by atoms with van der Waals surface area (Å²) in [4.78, 5) is 38.2. The van der Waals surface area contributed by atoms with Crippen LogP contribution in [0.2, 0.25) is 0 Å². The molecule has 1 aromatic carbocycles. The van der Waals surface area contributed by atoms with Gasteiger partial charge in [0.2, 0.25) is 11.8 Å². The average molecular weight is 424 g/mol. The van der Waals surface area contributed by atoms with Crippen molar-refractivity contribution >= 4 is 17.7 Å². The van der Waals surface area contributed by atoms with E-state index in [9.17, 15) is 14.4 Å². The van der Waals surface area contributed by atoms with Gasteiger partial charge in [0, 0.05) is 24.6 Å². The van der Waals surface area contributed by atoms with Crippen LogP contribution in [0.1, 0.15) is 72.9 Å². The number of amides is 3. The maximum atomic E-state index is 12.9. The number of nitrogens with one attached hydrogen (secondary N) is 2. The van der Waals surface area contributed by atoms with Gasteiger partial charge in [0.05, 0.1) is 0 Å². The van der Waals surface area contributed by atoms with Crippen LogP contribution in [0.15, 0.2) is 30.9 Å². The summed E-state index contributed by atoms with van der Waals surface area (Å²) in [6.45, 7) is 5.28. The Morgan fingerprint density at radius 1 is 1.16 bits per heavy atom. The normalized spacial score (nSPS) is 26.0. The van der Waals surface area contributed by atoms with E-state index in [-0.39, 0.29) is 24.1 Å². The summed E-state index contributed by atoms with van der Waals surface area (Å²) in [5.74, 6) is -0.104. The molecule has 3 aliphatic rings. The highest BCUT2D eigenvalue weighted by molar-refractivity contribution is 6.05. The Morgan fingerprint density at radius 3 is 2.81 bits per heavy atom. The number of piperidine rings is 1. The number of carbonyl (C=O) groups is 3. The van der Waals surface area contributed by atoms with Gasteiger partial charge in [-0.05, 0) is 68.2 Å². The zero-order valence-electron chi connectivity index (χ0n) is 18.2. The maximum absolute atomic E-state index is 12.9. The standard InChI is InChI=1S/C25H33N3O3/c1-2-3-6-13-26-21-8-5-4-7-18(21)14-17-9-10-20-19(15-17)16-28(25(20)31)22-11-12-23(29)27-24(22)30/h2,9-10,15,18,21-22,26H,1,3-8,11-14,16H2,(H,27,29,30)/t18-,21+,22?/m1/s1. The van der Waals surface area contributed by atoms with Crippen LogP contribution >= 0.6 is 0 Å². The molecule has 1 saturated carbocycles. The Morgan fingerprint density at radius 2 is 2.00 bits per heavy atom. The second kappa shape index (κ2) is 9.77. The first-order valence-electron chi connectivity index (χ1n) is 11.7. The number of carbonyl (C=O) groups excluding carboxylic acids is 3. The predicted molar refractivity (Wildman–Crippen MR) is 119 cm³/mol. The molecule has 166 valence electrons. The predicted octanol–water partition coefficient (Wildman–Crippen LogP) is 3.10. The Labute approximate surface area is 184 Å². The molecule has 2 fully saturated rings. The van der Waals surface area contributed by atoms with Crippen LogP contribution in [0, 0.1) is 5.92 Å². The smallest absolute Gasteiger partial charge is 0.255 e. The first kappa shape index (κ1) is 21.8. The van der Waals surface area contributed by atoms with Crippen molar-refractivity contribution in [2.75, 3.05) is 6.54 Å². The number of nitrogens with zero attached hydrogens (tertiary/aromatic N) is 1. The highest BCUT2D eigenvalue weighted by Gasteiger charge is 2.39. The van der Waals surface area contributed by atoms with Crippen molar-refractivity contribution in [1.29, 1.82) is 0 Å². The van der Waals surface area contributed by atoms with Crippen molar-refractivity contribution in [1.82, 2.24) is 15.5 Å². The van der Waals surface area contributed by atoms with Gasteiger partial charge in [0.15, 0.2) is 0 Å². The Bertz CT molecular complexity index is 866. The topological polar surface area (TPSA) is 78.5 Å². The summed E-state index contributed by atoms with van der Waals surface area (Å²) in [6.07, 6.45) is 10.9. The lowest BCUT2D eigenvalue weighted by atomic mass is 9.80. The summed E-state index contributed by atoms with van der Waals surface area (Å²) >= 11 is 0. The zero-order valence-corrected chi connectivity index (χ0v) is 18.2. The fourth-order valence-corrected chi connectivity index (χ4v) is 5.31. The molecule has 2 N–H and O–H groups in total. The minimum atomic E-state index is -0.552. The highest BCUT2D eigenvalue weighted by Crippen LogP contribution is 2.31. The van der Waals surface area contributed by atoms with E-state index >= 15 is 0 Å². The van der Waals surface area contributed by atoms with Crippen LogP contribution < -0.4 is 10.6 Å². The number of allylic oxidation sites excluding steroid dienone is 1. The van der Waals surface area contributed by atoms with Crippen LogP contribution in [0.25, 0.3) is 0 Å². The van der Waals surface area contributed by atoms with Crippen molar-refractivity contribution in [2.24, 2.45) is 5.92 Å². The zero-order chi connectivity index (χ0) is 21.8. The molecule has 3 amide bonds. The fraction of sp³-hybridized carbons (Fsp3) is 0.560. The summed E-state index contributed by atoms with van der Waals surface area (Å²) in [5.41, 5.74) is 2.95. The molecule has 1 saturated heterocycles. The number of rotatable bonds is 8. The van der Waals surface area contributed by atoms with E-state index in [1.54, 1.807) is 4.90 Å². The second-order valence-corrected chi connectivity index (χ2v) is 9.13. The average Bonchev–Trinajstić information content (AvgIpc) is 3.08. The highest BCUT2D eigenvalue weighted by atomic mass is 16.2. The van der Waals surface area contributed by atoms with Gasteiger partial charge in [-0.3, -0.25) is 19.7 Å². The van der Waals surface area contributed by atoms with E-state index in [2.05, 4.69) is 29.3 Å². The van der Waals surface area contributed by atoms with Crippen LogP contribution in [0.5, 0.6) is 0 Å². The maximum Gasteiger partial charge on any atom is 0.255 e. The van der Waals surface area contributed by atoms with E-state index in [4.69, 9.17) is 0 Å². The minimum absolute atomic E-state index is 0.101. The van der Waals surface area contributed by atoms with E-state index in [1.165, 1.54) is 31.2 Å². The lowest BCUT2D eigenvalue weighted by Gasteiger charge is -2.32. The second-order valence-electron chi connectivity index (χ2n) is 9.13. The molecule has 6 heteroatoms. The van der Waals surface area contributed by atoms with Gasteiger partial charge in [-0.25, -0.2) is 0 Å². The van der Waals surface area contributed by atoms with E-state index in [0.717, 1.165) is 31.4 Å². The molecule has 6 nitrogen and oxygen atoms in total. The van der Waals surface area contributed by atoms with E-state index < -0.39 is 6.04 Å². The van der Waals surface area contributed by atoms with Crippen molar-refractivity contribution in [3.8, 4) is 0 Å². The largest absolute Gasteiger partial charge is 0.322 e. The Kier molecular flexibility index (Phi) is 6.86. The molecule has 0 bridgehead atoms. The molecule has 4 rings (SSSR count). The number of hydrogen-bond acceptors (Lipinski definition) is 4. The van der Waals surface area contributed by atoms with Gasteiger partial charge in [0.25, 0.3) is 5.91 Å². The van der Waals surface area contributed by atoms with E-state index in [1.807, 2.05) is 12.1 Å². The third-order valence-electron chi connectivity index (χ3n) is 6.99. The van der Waals surface area contributed by atoms with Gasteiger partial charge < -0.3 is 10.2 Å². The third kappa shape index (κ3) is 4.90. The molecular weight excluding hydrogens is 390 g/mol. The van der Waals surface area contributed by atoms with E-state index in [0.29, 0.717) is 30.5 Å². The van der Waals surface area contributed by atoms with Crippen LogP contribution in [0.4, 0.5) is 0 Å². The number of imide groups is 1. The third-order valence-corrected chi connectivity index (χ3v) is 6.99. The van der Waals surface area contributed by atoms with Crippen LogP contribution in [-0.2, 0) is 22.6 Å². The van der Waals surface area contributed by atoms with Crippen molar-refractivity contribution in [3.63, 3.8) is 0 Å². The monoisotopic (exact) mass is 423 g/mol. The first-order chi connectivity index (χ1) is 15.1. The summed E-state index contributed by atoms with van der Waals surface area (Å²) in [5, 5.41) is 6.13. The molecule has 3 atom stereocenters. The lowest BCUT2D eigenvalue weighted by Crippen LogP contribution is -2.52. The van der Waals surface area contributed by atoms with Crippen LogP contribution in [-0.4, -0.2) is 41.2 Å². The molecule has 1 unspecified atom stereocenters. The van der Waals surface area contributed by atoms with Crippen molar-refractivity contribution < 1.29 is 14.4 Å². The fourth-order valence-electron chi connectivity index (χ4n) is 5.31. The number of unbranched alkanes of at least 4 members (excludes halogenated alkanes) is 1. The molecule has 0 radical (unpaired) electrons. The Balaban J connectivity index is 1.41. The molecule has 31 heavy (non-hydrogen) atoms. The number of benzene rings is 1. The molecule has 1 aliphatic carbocycles. The van der Waals surface area contributed by atoms with Gasteiger partial charge in [-0.1, -0.05) is 31.1 Å². The summed E-state index contributed by atoms with van der Waals surface area (Å²) in [7, 11) is 0. The van der Waals surface area contributed by atoms with Gasteiger partial charge in [-0.2, -0.15) is 0 Å². The van der Waals surface area contributed by atoms with Crippen LogP contribution in [0.3, 0.4) is 0 Å². The van der Waals surface area contributed by atoms with Gasteiger partial charge >= 0.3 is 0 Å². The van der Waals surface area contributed by atoms with Crippen molar-refractivity contribution in [2.45, 2.75) is 76.4 Å². The summed E-state index contributed by atoms with van der Waals surface area (Å²) in [6, 6.07) is 6.15.